The second-order valence-corrected chi connectivity index (χ2v) is 10.3. The number of ether oxygens (including phenoxy) is 1. The Morgan fingerprint density at radius 3 is 2.55 bits per heavy atom. The van der Waals surface area contributed by atoms with E-state index in [1.54, 1.807) is 7.11 Å². The monoisotopic (exact) mass is 455 g/mol. The van der Waals surface area contributed by atoms with Crippen molar-refractivity contribution in [1.29, 1.82) is 0 Å². The molecule has 0 saturated heterocycles. The fraction of sp³-hybridized carbons (Fsp3) is 0.636. The normalized spacial score (nSPS) is 12.4. The van der Waals surface area contributed by atoms with E-state index in [4.69, 9.17) is 4.74 Å². The lowest BCUT2D eigenvalue weighted by Crippen LogP contribution is -2.39. The Hall–Kier alpha value is -2.13. The Morgan fingerprint density at radius 2 is 1.90 bits per heavy atom. The van der Waals surface area contributed by atoms with Crippen LogP contribution in [0, 0.1) is 11.8 Å². The Kier molecular flexibility index (Phi) is 12.2. The fourth-order valence-corrected chi connectivity index (χ4v) is 4.82. The molecule has 1 unspecified atom stereocenters. The van der Waals surface area contributed by atoms with Crippen molar-refractivity contribution in [3.05, 3.63) is 29.8 Å². The molecule has 0 aliphatic carbocycles. The van der Waals surface area contributed by atoms with Crippen LogP contribution in [-0.2, 0) is 26.0 Å². The highest BCUT2D eigenvalue weighted by Gasteiger charge is 2.27. The molecule has 0 spiro atoms. The second-order valence-electron chi connectivity index (χ2n) is 8.04. The van der Waals surface area contributed by atoms with Crippen LogP contribution in [0.3, 0.4) is 0 Å². The van der Waals surface area contributed by atoms with Crippen molar-refractivity contribution in [2.24, 2.45) is 11.8 Å². The Labute approximate surface area is 186 Å². The zero-order valence-electron chi connectivity index (χ0n) is 19.1. The first-order valence-corrected chi connectivity index (χ1v) is 12.5. The quantitative estimate of drug-likeness (QED) is 0.346. The van der Waals surface area contributed by atoms with Crippen LogP contribution in [0.5, 0.6) is 5.75 Å². The Balaban J connectivity index is 2.46. The van der Waals surface area contributed by atoms with Gasteiger partial charge in [-0.25, -0.2) is 8.42 Å². The van der Waals surface area contributed by atoms with Gasteiger partial charge in [-0.2, -0.15) is 0 Å². The lowest BCUT2D eigenvalue weighted by atomic mass is 10.1. The van der Waals surface area contributed by atoms with Crippen LogP contribution in [0.4, 0.5) is 0 Å². The van der Waals surface area contributed by atoms with Crippen LogP contribution in [-0.4, -0.2) is 59.0 Å². The molecule has 9 heteroatoms. The van der Waals surface area contributed by atoms with Crippen LogP contribution in [0.2, 0.25) is 0 Å². The molecule has 1 rings (SSSR count). The molecule has 2 amide bonds. The minimum Gasteiger partial charge on any atom is -0.497 e. The molecule has 1 atom stereocenters. The van der Waals surface area contributed by atoms with Crippen molar-refractivity contribution >= 4 is 21.7 Å². The number of amides is 2. The largest absolute Gasteiger partial charge is 0.497 e. The van der Waals surface area contributed by atoms with Gasteiger partial charge in [0.2, 0.25) is 11.8 Å². The van der Waals surface area contributed by atoms with Crippen molar-refractivity contribution in [3.8, 4) is 5.75 Å². The Bertz CT molecular complexity index is 796. The number of hydrogen-bond donors (Lipinski definition) is 3. The van der Waals surface area contributed by atoms with Crippen molar-refractivity contribution < 1.29 is 22.7 Å². The first-order chi connectivity index (χ1) is 14.7. The van der Waals surface area contributed by atoms with Gasteiger partial charge in [-0.05, 0) is 43.0 Å². The maximum absolute atomic E-state index is 12.5. The van der Waals surface area contributed by atoms with Crippen LogP contribution < -0.4 is 20.7 Å². The summed E-state index contributed by atoms with van der Waals surface area (Å²) in [6.45, 7) is 5.67. The molecular formula is C22H37N3O5S. The maximum Gasteiger partial charge on any atom is 0.224 e. The summed E-state index contributed by atoms with van der Waals surface area (Å²) in [4.78, 5) is 24.3. The first kappa shape index (κ1) is 26.9. The number of benzene rings is 1. The van der Waals surface area contributed by atoms with Crippen molar-refractivity contribution in [1.82, 2.24) is 16.0 Å². The lowest BCUT2D eigenvalue weighted by Gasteiger charge is -2.17. The number of sulfone groups is 1. The highest BCUT2D eigenvalue weighted by Crippen LogP contribution is 2.13. The van der Waals surface area contributed by atoms with Gasteiger partial charge < -0.3 is 20.7 Å². The molecule has 0 radical (unpaired) electrons. The summed E-state index contributed by atoms with van der Waals surface area (Å²) in [6.07, 6.45) is 1.08. The Morgan fingerprint density at radius 1 is 1.16 bits per heavy atom. The molecule has 0 aliphatic rings. The molecule has 1 aromatic rings. The number of carbonyl (C=O) groups is 2. The number of methoxy groups -OCH3 is 1. The van der Waals surface area contributed by atoms with E-state index in [1.807, 2.05) is 38.1 Å². The zero-order valence-corrected chi connectivity index (χ0v) is 19.9. The summed E-state index contributed by atoms with van der Waals surface area (Å²) in [7, 11) is -0.316. The SMILES string of the molecule is CNC(=O)CC(CS(=O)(=O)CCC(C)C)C(=O)NCCCNCc1cccc(OC)c1. The summed E-state index contributed by atoms with van der Waals surface area (Å²) in [5, 5.41) is 8.53. The number of hydrogen-bond acceptors (Lipinski definition) is 6. The van der Waals surface area contributed by atoms with E-state index < -0.39 is 21.7 Å². The first-order valence-electron chi connectivity index (χ1n) is 10.7. The molecule has 0 bridgehead atoms. The van der Waals surface area contributed by atoms with Gasteiger partial charge in [-0.3, -0.25) is 9.59 Å². The fourth-order valence-electron chi connectivity index (χ4n) is 2.94. The van der Waals surface area contributed by atoms with Gasteiger partial charge in [0.1, 0.15) is 5.75 Å². The van der Waals surface area contributed by atoms with E-state index >= 15 is 0 Å². The summed E-state index contributed by atoms with van der Waals surface area (Å²) in [6, 6.07) is 7.77. The smallest absolute Gasteiger partial charge is 0.224 e. The van der Waals surface area contributed by atoms with Crippen LogP contribution >= 0.6 is 0 Å². The number of nitrogens with one attached hydrogen (secondary N) is 3. The van der Waals surface area contributed by atoms with Gasteiger partial charge in [0, 0.05) is 26.6 Å². The molecule has 176 valence electrons. The molecule has 0 fully saturated rings. The highest BCUT2D eigenvalue weighted by atomic mass is 32.2. The van der Waals surface area contributed by atoms with Gasteiger partial charge in [0.25, 0.3) is 0 Å². The highest BCUT2D eigenvalue weighted by molar-refractivity contribution is 7.91. The standard InChI is InChI=1S/C22H37N3O5S/c1-17(2)9-12-31(28,29)16-19(14-21(26)23-3)22(27)25-11-6-10-24-15-18-7-5-8-20(13-18)30-4/h5,7-8,13,17,19,24H,6,9-12,14-16H2,1-4H3,(H,23,26)(H,25,27). The minimum absolute atomic E-state index is 0.0242. The summed E-state index contributed by atoms with van der Waals surface area (Å²) in [5.41, 5.74) is 1.10. The van der Waals surface area contributed by atoms with E-state index in [2.05, 4.69) is 16.0 Å². The molecule has 0 saturated carbocycles. The average molecular weight is 456 g/mol. The lowest BCUT2D eigenvalue weighted by molar-refractivity contribution is -0.129. The third kappa shape index (κ3) is 11.7. The maximum atomic E-state index is 12.5. The molecule has 0 heterocycles. The van der Waals surface area contributed by atoms with Gasteiger partial charge in [0.05, 0.1) is 24.5 Å². The molecule has 1 aromatic carbocycles. The second kappa shape index (κ2) is 14.0. The number of carbonyl (C=O) groups excluding carboxylic acids is 2. The molecular weight excluding hydrogens is 418 g/mol. The van der Waals surface area contributed by atoms with E-state index in [-0.39, 0.29) is 29.8 Å². The minimum atomic E-state index is -3.41. The molecule has 0 aromatic heterocycles. The summed E-state index contributed by atoms with van der Waals surface area (Å²) in [5.74, 6) is -0.864. The van der Waals surface area contributed by atoms with Crippen LogP contribution in [0.15, 0.2) is 24.3 Å². The summed E-state index contributed by atoms with van der Waals surface area (Å²) >= 11 is 0. The number of rotatable bonds is 15. The molecule has 3 N–H and O–H groups in total. The molecule has 8 nitrogen and oxygen atoms in total. The molecule has 0 aliphatic heterocycles. The van der Waals surface area contributed by atoms with Crippen molar-refractivity contribution in [2.45, 2.75) is 39.7 Å². The van der Waals surface area contributed by atoms with Crippen LogP contribution in [0.25, 0.3) is 0 Å². The molecule has 31 heavy (non-hydrogen) atoms. The zero-order chi connectivity index (χ0) is 23.3. The predicted octanol–water partition coefficient (Wildman–Crippen LogP) is 1.50. The third-order valence-electron chi connectivity index (χ3n) is 4.84. The van der Waals surface area contributed by atoms with Gasteiger partial charge in [-0.1, -0.05) is 26.0 Å². The topological polar surface area (TPSA) is 114 Å². The van der Waals surface area contributed by atoms with Gasteiger partial charge in [0.15, 0.2) is 9.84 Å². The van der Waals surface area contributed by atoms with E-state index in [0.29, 0.717) is 32.5 Å². The van der Waals surface area contributed by atoms with Gasteiger partial charge >= 0.3 is 0 Å². The average Bonchev–Trinajstić information content (AvgIpc) is 2.74. The third-order valence-corrected chi connectivity index (χ3v) is 6.60. The van der Waals surface area contributed by atoms with Gasteiger partial charge in [-0.15, -0.1) is 0 Å². The summed E-state index contributed by atoms with van der Waals surface area (Å²) < 4.78 is 30.0. The van der Waals surface area contributed by atoms with Crippen molar-refractivity contribution in [3.63, 3.8) is 0 Å². The van der Waals surface area contributed by atoms with E-state index in [9.17, 15) is 18.0 Å². The van der Waals surface area contributed by atoms with Crippen molar-refractivity contribution in [2.75, 3.05) is 38.8 Å². The predicted molar refractivity (Wildman–Crippen MR) is 123 cm³/mol. The van der Waals surface area contributed by atoms with E-state index in [0.717, 1.165) is 11.3 Å². The van der Waals surface area contributed by atoms with E-state index in [1.165, 1.54) is 7.05 Å². The van der Waals surface area contributed by atoms with Crippen LogP contribution in [0.1, 0.15) is 38.7 Å².